The minimum atomic E-state index is -0.0837. The molecule has 102 valence electrons. The van der Waals surface area contributed by atoms with Crippen molar-refractivity contribution in [1.82, 2.24) is 15.1 Å². The van der Waals surface area contributed by atoms with Crippen molar-refractivity contribution in [3.8, 4) is 0 Å². The molecule has 0 aliphatic carbocycles. The summed E-state index contributed by atoms with van der Waals surface area (Å²) in [6, 6.07) is 3.74. The zero-order chi connectivity index (χ0) is 13.8. The Morgan fingerprint density at radius 3 is 2.79 bits per heavy atom. The number of furan rings is 1. The summed E-state index contributed by atoms with van der Waals surface area (Å²) >= 11 is 0. The van der Waals surface area contributed by atoms with Gasteiger partial charge in [-0.1, -0.05) is 0 Å². The molecule has 0 aliphatic heterocycles. The summed E-state index contributed by atoms with van der Waals surface area (Å²) in [5, 5.41) is 7.26. The van der Waals surface area contributed by atoms with E-state index in [1.54, 1.807) is 13.0 Å². The summed E-state index contributed by atoms with van der Waals surface area (Å²) in [4.78, 5) is 11.8. The zero-order valence-electron chi connectivity index (χ0n) is 11.6. The highest BCUT2D eigenvalue weighted by atomic mass is 16.3. The molecule has 2 aromatic rings. The molecule has 0 unspecified atom stereocenters. The molecule has 0 aliphatic rings. The molecular formula is C14H19N3O2. The Morgan fingerprint density at radius 2 is 2.21 bits per heavy atom. The van der Waals surface area contributed by atoms with Crippen LogP contribution in [0.25, 0.3) is 0 Å². The molecule has 0 bridgehead atoms. The van der Waals surface area contributed by atoms with Gasteiger partial charge in [0.1, 0.15) is 5.76 Å². The molecule has 0 aromatic carbocycles. The lowest BCUT2D eigenvalue weighted by molar-refractivity contribution is 0.0951. The number of nitrogens with one attached hydrogen (secondary N) is 1. The fourth-order valence-electron chi connectivity index (χ4n) is 2.05. The molecule has 1 N–H and O–H groups in total. The van der Waals surface area contributed by atoms with Gasteiger partial charge in [0.2, 0.25) is 0 Å². The van der Waals surface area contributed by atoms with Crippen LogP contribution < -0.4 is 5.32 Å². The van der Waals surface area contributed by atoms with Crippen molar-refractivity contribution in [2.45, 2.75) is 33.7 Å². The first-order valence-corrected chi connectivity index (χ1v) is 6.41. The van der Waals surface area contributed by atoms with Crippen LogP contribution >= 0.6 is 0 Å². The van der Waals surface area contributed by atoms with Crippen LogP contribution in [-0.2, 0) is 6.54 Å². The van der Waals surface area contributed by atoms with Crippen molar-refractivity contribution in [2.75, 3.05) is 6.54 Å². The number of carbonyl (C=O) groups is 1. The Labute approximate surface area is 112 Å². The number of carbonyl (C=O) groups excluding carboxylic acids is 1. The van der Waals surface area contributed by atoms with Crippen LogP contribution in [-0.4, -0.2) is 22.2 Å². The smallest absolute Gasteiger partial charge is 0.254 e. The van der Waals surface area contributed by atoms with Crippen LogP contribution in [0.4, 0.5) is 0 Å². The number of nitrogens with zero attached hydrogens (tertiary/aromatic N) is 2. The highest BCUT2D eigenvalue weighted by Gasteiger charge is 2.10. The van der Waals surface area contributed by atoms with E-state index in [0.29, 0.717) is 17.9 Å². The SMILES string of the molecule is Cc1cc(C)n(CCCNC(=O)c2ccoc2C)n1. The number of hydrogen-bond acceptors (Lipinski definition) is 3. The standard InChI is InChI=1S/C14H19N3O2/c1-10-9-11(2)17(16-10)7-4-6-15-14(18)13-5-8-19-12(13)3/h5,8-9H,4,6-7H2,1-3H3,(H,15,18). The van der Waals surface area contributed by atoms with Gasteiger partial charge in [-0.05, 0) is 39.3 Å². The van der Waals surface area contributed by atoms with Crippen LogP contribution in [0.1, 0.15) is 33.9 Å². The maximum atomic E-state index is 11.8. The molecule has 0 atom stereocenters. The van der Waals surface area contributed by atoms with E-state index >= 15 is 0 Å². The van der Waals surface area contributed by atoms with E-state index in [9.17, 15) is 4.79 Å². The van der Waals surface area contributed by atoms with Crippen molar-refractivity contribution in [3.05, 3.63) is 41.1 Å². The minimum Gasteiger partial charge on any atom is -0.469 e. The van der Waals surface area contributed by atoms with Crippen LogP contribution in [0, 0.1) is 20.8 Å². The van der Waals surface area contributed by atoms with E-state index in [2.05, 4.69) is 10.4 Å². The predicted octanol–water partition coefficient (Wildman–Crippen LogP) is 2.22. The Balaban J connectivity index is 1.77. The van der Waals surface area contributed by atoms with Gasteiger partial charge in [-0.15, -0.1) is 0 Å². The Kier molecular flexibility index (Phi) is 4.04. The quantitative estimate of drug-likeness (QED) is 0.839. The van der Waals surface area contributed by atoms with Crippen LogP contribution in [0.2, 0.25) is 0 Å². The number of amides is 1. The van der Waals surface area contributed by atoms with Gasteiger partial charge >= 0.3 is 0 Å². The molecule has 5 heteroatoms. The van der Waals surface area contributed by atoms with Crippen molar-refractivity contribution in [1.29, 1.82) is 0 Å². The monoisotopic (exact) mass is 261 g/mol. The van der Waals surface area contributed by atoms with E-state index in [1.807, 2.05) is 24.6 Å². The summed E-state index contributed by atoms with van der Waals surface area (Å²) < 4.78 is 7.07. The second-order valence-corrected chi connectivity index (χ2v) is 4.65. The maximum absolute atomic E-state index is 11.8. The average molecular weight is 261 g/mol. The zero-order valence-corrected chi connectivity index (χ0v) is 11.6. The summed E-state index contributed by atoms with van der Waals surface area (Å²) in [6.45, 7) is 7.23. The van der Waals surface area contributed by atoms with Crippen LogP contribution in [0.3, 0.4) is 0 Å². The van der Waals surface area contributed by atoms with Gasteiger partial charge in [-0.25, -0.2) is 0 Å². The van der Waals surface area contributed by atoms with Gasteiger partial charge < -0.3 is 9.73 Å². The number of aryl methyl sites for hydroxylation is 4. The Morgan fingerprint density at radius 1 is 1.42 bits per heavy atom. The number of rotatable bonds is 5. The Hall–Kier alpha value is -2.04. The largest absolute Gasteiger partial charge is 0.469 e. The third-order valence-corrected chi connectivity index (χ3v) is 3.04. The molecular weight excluding hydrogens is 242 g/mol. The van der Waals surface area contributed by atoms with Crippen molar-refractivity contribution in [2.24, 2.45) is 0 Å². The van der Waals surface area contributed by atoms with E-state index in [4.69, 9.17) is 4.42 Å². The molecule has 2 aromatic heterocycles. The van der Waals surface area contributed by atoms with Crippen LogP contribution in [0.15, 0.2) is 22.8 Å². The summed E-state index contributed by atoms with van der Waals surface area (Å²) in [5.74, 6) is 0.565. The fourth-order valence-corrected chi connectivity index (χ4v) is 2.05. The molecule has 0 saturated heterocycles. The average Bonchev–Trinajstić information content (AvgIpc) is 2.91. The summed E-state index contributed by atoms with van der Waals surface area (Å²) in [6.07, 6.45) is 2.38. The van der Waals surface area contributed by atoms with Gasteiger partial charge in [0.05, 0.1) is 17.5 Å². The van der Waals surface area contributed by atoms with Crippen molar-refractivity contribution < 1.29 is 9.21 Å². The lowest BCUT2D eigenvalue weighted by Gasteiger charge is -2.06. The molecule has 0 spiro atoms. The molecule has 0 saturated carbocycles. The summed E-state index contributed by atoms with van der Waals surface area (Å²) in [7, 11) is 0. The highest BCUT2D eigenvalue weighted by Crippen LogP contribution is 2.08. The van der Waals surface area contributed by atoms with Crippen LogP contribution in [0.5, 0.6) is 0 Å². The first-order chi connectivity index (χ1) is 9.08. The molecule has 1 amide bonds. The van der Waals surface area contributed by atoms with Gasteiger partial charge in [-0.2, -0.15) is 5.10 Å². The van der Waals surface area contributed by atoms with Gasteiger partial charge in [0.25, 0.3) is 5.91 Å². The minimum absolute atomic E-state index is 0.0837. The second kappa shape index (κ2) is 5.73. The lowest BCUT2D eigenvalue weighted by atomic mass is 10.2. The molecule has 5 nitrogen and oxygen atoms in total. The number of aromatic nitrogens is 2. The Bertz CT molecular complexity index is 569. The topological polar surface area (TPSA) is 60.1 Å². The lowest BCUT2D eigenvalue weighted by Crippen LogP contribution is -2.25. The second-order valence-electron chi connectivity index (χ2n) is 4.65. The molecule has 2 heterocycles. The first kappa shape index (κ1) is 13.4. The van der Waals surface area contributed by atoms with E-state index in [1.165, 1.54) is 6.26 Å². The molecule has 2 rings (SSSR count). The molecule has 19 heavy (non-hydrogen) atoms. The fraction of sp³-hybridized carbons (Fsp3) is 0.429. The van der Waals surface area contributed by atoms with Crippen molar-refractivity contribution >= 4 is 5.91 Å². The third-order valence-electron chi connectivity index (χ3n) is 3.04. The van der Waals surface area contributed by atoms with Crippen molar-refractivity contribution in [3.63, 3.8) is 0 Å². The molecule has 0 fully saturated rings. The van der Waals surface area contributed by atoms with E-state index in [0.717, 1.165) is 24.4 Å². The molecule has 0 radical (unpaired) electrons. The highest BCUT2D eigenvalue weighted by molar-refractivity contribution is 5.94. The van der Waals surface area contributed by atoms with Gasteiger partial charge in [0.15, 0.2) is 0 Å². The van der Waals surface area contributed by atoms with E-state index in [-0.39, 0.29) is 5.91 Å². The van der Waals surface area contributed by atoms with Gasteiger partial charge in [-0.3, -0.25) is 9.48 Å². The predicted molar refractivity (Wildman–Crippen MR) is 72.1 cm³/mol. The number of hydrogen-bond donors (Lipinski definition) is 1. The van der Waals surface area contributed by atoms with E-state index < -0.39 is 0 Å². The first-order valence-electron chi connectivity index (χ1n) is 6.41. The van der Waals surface area contributed by atoms with Gasteiger partial charge in [0, 0.05) is 18.8 Å². The summed E-state index contributed by atoms with van der Waals surface area (Å²) in [5.41, 5.74) is 2.77. The third kappa shape index (κ3) is 3.24. The maximum Gasteiger partial charge on any atom is 0.254 e. The normalized spacial score (nSPS) is 10.7.